The van der Waals surface area contributed by atoms with Gasteiger partial charge in [-0.2, -0.15) is 0 Å². The molecule has 124 valence electrons. The Morgan fingerprint density at radius 2 is 1.92 bits per heavy atom. The highest BCUT2D eigenvalue weighted by atomic mass is 79.9. The summed E-state index contributed by atoms with van der Waals surface area (Å²) in [6, 6.07) is 16.0. The maximum atomic E-state index is 12.5. The molecule has 3 rings (SSSR count). The Morgan fingerprint density at radius 3 is 2.62 bits per heavy atom. The van der Waals surface area contributed by atoms with Crippen LogP contribution in [0.15, 0.2) is 53.0 Å². The molecule has 0 aliphatic heterocycles. The molecule has 0 saturated carbocycles. The minimum absolute atomic E-state index is 0.00368. The first-order valence-corrected chi connectivity index (χ1v) is 8.84. The SMILES string of the molecule is CC[C@@H](NC(=O)Cn1c(C)nc2ccccc21)c1ccc(Br)cc1. The summed E-state index contributed by atoms with van der Waals surface area (Å²) in [7, 11) is 0. The van der Waals surface area contributed by atoms with Crippen LogP contribution in [0.4, 0.5) is 0 Å². The van der Waals surface area contributed by atoms with Crippen LogP contribution in [0.2, 0.25) is 0 Å². The van der Waals surface area contributed by atoms with Crippen molar-refractivity contribution in [2.75, 3.05) is 0 Å². The Kier molecular flexibility index (Phi) is 5.00. The van der Waals surface area contributed by atoms with Crippen LogP contribution in [0, 0.1) is 6.92 Å². The van der Waals surface area contributed by atoms with E-state index in [1.54, 1.807) is 0 Å². The molecule has 0 fully saturated rings. The van der Waals surface area contributed by atoms with E-state index in [2.05, 4.69) is 33.2 Å². The van der Waals surface area contributed by atoms with Crippen molar-refractivity contribution in [1.82, 2.24) is 14.9 Å². The van der Waals surface area contributed by atoms with Crippen molar-refractivity contribution in [2.24, 2.45) is 0 Å². The number of benzene rings is 2. The number of hydrogen-bond acceptors (Lipinski definition) is 2. The van der Waals surface area contributed by atoms with Gasteiger partial charge in [0.05, 0.1) is 17.1 Å². The molecule has 0 aliphatic rings. The number of nitrogens with zero attached hydrogens (tertiary/aromatic N) is 2. The van der Waals surface area contributed by atoms with Crippen LogP contribution in [-0.2, 0) is 11.3 Å². The van der Waals surface area contributed by atoms with E-state index in [9.17, 15) is 4.79 Å². The highest BCUT2D eigenvalue weighted by Crippen LogP contribution is 2.20. The smallest absolute Gasteiger partial charge is 0.240 e. The van der Waals surface area contributed by atoms with Gasteiger partial charge in [0.25, 0.3) is 0 Å². The molecular weight excluding hydrogens is 366 g/mol. The maximum absolute atomic E-state index is 12.5. The summed E-state index contributed by atoms with van der Waals surface area (Å²) < 4.78 is 2.99. The van der Waals surface area contributed by atoms with Crippen molar-refractivity contribution in [3.63, 3.8) is 0 Å². The van der Waals surface area contributed by atoms with E-state index in [-0.39, 0.29) is 18.5 Å². The van der Waals surface area contributed by atoms with Crippen molar-refractivity contribution in [3.05, 3.63) is 64.4 Å². The number of imidazole rings is 1. The van der Waals surface area contributed by atoms with E-state index in [0.29, 0.717) is 0 Å². The van der Waals surface area contributed by atoms with Crippen LogP contribution >= 0.6 is 15.9 Å². The summed E-state index contributed by atoms with van der Waals surface area (Å²) in [4.78, 5) is 17.1. The quantitative estimate of drug-likeness (QED) is 0.708. The molecule has 24 heavy (non-hydrogen) atoms. The molecule has 0 spiro atoms. The topological polar surface area (TPSA) is 46.9 Å². The van der Waals surface area contributed by atoms with Crippen molar-refractivity contribution < 1.29 is 4.79 Å². The van der Waals surface area contributed by atoms with Gasteiger partial charge in [0.1, 0.15) is 12.4 Å². The summed E-state index contributed by atoms with van der Waals surface area (Å²) in [6.45, 7) is 4.28. The number of para-hydroxylation sites is 2. The Balaban J connectivity index is 1.76. The second-order valence-electron chi connectivity index (χ2n) is 5.81. The molecule has 0 saturated heterocycles. The lowest BCUT2D eigenvalue weighted by Crippen LogP contribution is -2.31. The Bertz CT molecular complexity index is 855. The monoisotopic (exact) mass is 385 g/mol. The van der Waals surface area contributed by atoms with Crippen LogP contribution < -0.4 is 5.32 Å². The van der Waals surface area contributed by atoms with Gasteiger partial charge in [-0.05, 0) is 43.2 Å². The molecule has 1 aromatic heterocycles. The van der Waals surface area contributed by atoms with Crippen molar-refractivity contribution in [1.29, 1.82) is 0 Å². The molecule has 1 amide bonds. The Labute approximate surface area is 150 Å². The lowest BCUT2D eigenvalue weighted by Gasteiger charge is -2.18. The zero-order valence-corrected chi connectivity index (χ0v) is 15.4. The lowest BCUT2D eigenvalue weighted by atomic mass is 10.0. The molecule has 0 unspecified atom stereocenters. The number of hydrogen-bond donors (Lipinski definition) is 1. The Morgan fingerprint density at radius 1 is 1.21 bits per heavy atom. The molecule has 1 N–H and O–H groups in total. The van der Waals surface area contributed by atoms with E-state index >= 15 is 0 Å². The van der Waals surface area contributed by atoms with Gasteiger partial charge in [0, 0.05) is 4.47 Å². The number of aryl methyl sites for hydroxylation is 1. The fraction of sp³-hybridized carbons (Fsp3) is 0.263. The number of nitrogens with one attached hydrogen (secondary N) is 1. The normalized spacial score (nSPS) is 12.3. The minimum atomic E-state index is -0.00368. The summed E-state index contributed by atoms with van der Waals surface area (Å²) in [5.74, 6) is 0.846. The van der Waals surface area contributed by atoms with E-state index in [1.807, 2.05) is 60.0 Å². The van der Waals surface area contributed by atoms with Gasteiger partial charge in [-0.25, -0.2) is 4.98 Å². The second kappa shape index (κ2) is 7.18. The molecule has 2 aromatic carbocycles. The molecule has 1 heterocycles. The average molecular weight is 386 g/mol. The summed E-state index contributed by atoms with van der Waals surface area (Å²) in [5.41, 5.74) is 3.02. The summed E-state index contributed by atoms with van der Waals surface area (Å²) >= 11 is 3.44. The molecule has 5 heteroatoms. The number of carbonyl (C=O) groups is 1. The van der Waals surface area contributed by atoms with Gasteiger partial charge in [-0.1, -0.05) is 47.1 Å². The zero-order chi connectivity index (χ0) is 17.1. The Hall–Kier alpha value is -2.14. The largest absolute Gasteiger partial charge is 0.348 e. The molecule has 3 aromatic rings. The standard InChI is InChI=1S/C19H20BrN3O/c1-3-16(14-8-10-15(20)11-9-14)22-19(24)12-23-13(2)21-17-6-4-5-7-18(17)23/h4-11,16H,3,12H2,1-2H3,(H,22,24)/t16-/m1/s1. The van der Waals surface area contributed by atoms with E-state index in [4.69, 9.17) is 0 Å². The van der Waals surface area contributed by atoms with E-state index < -0.39 is 0 Å². The molecule has 0 bridgehead atoms. The fourth-order valence-electron chi connectivity index (χ4n) is 2.90. The predicted molar refractivity (Wildman–Crippen MR) is 99.8 cm³/mol. The van der Waals surface area contributed by atoms with Gasteiger partial charge in [0.15, 0.2) is 0 Å². The van der Waals surface area contributed by atoms with Crippen LogP contribution in [0.3, 0.4) is 0 Å². The van der Waals surface area contributed by atoms with E-state index in [0.717, 1.165) is 33.3 Å². The highest BCUT2D eigenvalue weighted by Gasteiger charge is 2.15. The van der Waals surface area contributed by atoms with Crippen LogP contribution in [-0.4, -0.2) is 15.5 Å². The number of amides is 1. The van der Waals surface area contributed by atoms with Crippen molar-refractivity contribution >= 4 is 32.9 Å². The minimum Gasteiger partial charge on any atom is -0.348 e. The lowest BCUT2D eigenvalue weighted by molar-refractivity contribution is -0.122. The van der Waals surface area contributed by atoms with Crippen molar-refractivity contribution in [3.8, 4) is 0 Å². The second-order valence-corrected chi connectivity index (χ2v) is 6.73. The van der Waals surface area contributed by atoms with Crippen LogP contribution in [0.25, 0.3) is 11.0 Å². The van der Waals surface area contributed by atoms with Gasteiger partial charge in [0.2, 0.25) is 5.91 Å². The maximum Gasteiger partial charge on any atom is 0.240 e. The van der Waals surface area contributed by atoms with Crippen LogP contribution in [0.5, 0.6) is 0 Å². The van der Waals surface area contributed by atoms with Gasteiger partial charge < -0.3 is 9.88 Å². The molecule has 4 nitrogen and oxygen atoms in total. The zero-order valence-electron chi connectivity index (χ0n) is 13.8. The molecule has 1 atom stereocenters. The van der Waals surface area contributed by atoms with E-state index in [1.165, 1.54) is 0 Å². The average Bonchev–Trinajstić information content (AvgIpc) is 2.89. The first kappa shape index (κ1) is 16.7. The fourth-order valence-corrected chi connectivity index (χ4v) is 3.16. The molecule has 0 aliphatic carbocycles. The third-order valence-electron chi connectivity index (χ3n) is 4.16. The molecular formula is C19H20BrN3O. The number of fused-ring (bicyclic) bond motifs is 1. The van der Waals surface area contributed by atoms with Crippen molar-refractivity contribution in [2.45, 2.75) is 32.9 Å². The number of rotatable bonds is 5. The predicted octanol–water partition coefficient (Wildman–Crippen LogP) is 4.37. The highest BCUT2D eigenvalue weighted by molar-refractivity contribution is 9.10. The first-order chi connectivity index (χ1) is 11.6. The third-order valence-corrected chi connectivity index (χ3v) is 4.69. The third kappa shape index (κ3) is 3.51. The summed E-state index contributed by atoms with van der Waals surface area (Å²) in [6.07, 6.45) is 0.844. The van der Waals surface area contributed by atoms with Gasteiger partial charge in [-0.15, -0.1) is 0 Å². The molecule has 0 radical (unpaired) electrons. The van der Waals surface area contributed by atoms with Crippen LogP contribution in [0.1, 0.15) is 30.8 Å². The number of aromatic nitrogens is 2. The number of carbonyl (C=O) groups excluding carboxylic acids is 1. The van der Waals surface area contributed by atoms with Gasteiger partial charge >= 0.3 is 0 Å². The number of halogens is 1. The summed E-state index contributed by atoms with van der Waals surface area (Å²) in [5, 5.41) is 3.13. The van der Waals surface area contributed by atoms with Gasteiger partial charge in [-0.3, -0.25) is 4.79 Å². The first-order valence-electron chi connectivity index (χ1n) is 8.05.